The Labute approximate surface area is 159 Å². The Morgan fingerprint density at radius 1 is 0.893 bits per heavy atom. The van der Waals surface area contributed by atoms with Gasteiger partial charge in [0.25, 0.3) is 0 Å². The van der Waals surface area contributed by atoms with E-state index in [1.165, 1.54) is 33.6 Å². The van der Waals surface area contributed by atoms with Crippen LogP contribution in [0.2, 0.25) is 0 Å². The van der Waals surface area contributed by atoms with Crippen LogP contribution in [0.1, 0.15) is 0 Å². The van der Waals surface area contributed by atoms with Gasteiger partial charge in [-0.2, -0.15) is 10.1 Å². The topological polar surface area (TPSA) is 90.4 Å². The standard InChI is InChI=1S/C18H17F2N5O3/c1-26-14-7-11(8-15(27-2)17(14)28-3)22-16-9-21-25-18(24-16)23-13-5-4-10(19)6-12(13)20/h4-9H,1-3H3,(H2,22,23,24,25). The first-order valence-corrected chi connectivity index (χ1v) is 8.03. The Morgan fingerprint density at radius 2 is 1.61 bits per heavy atom. The van der Waals surface area contributed by atoms with E-state index in [4.69, 9.17) is 14.2 Å². The summed E-state index contributed by atoms with van der Waals surface area (Å²) >= 11 is 0. The van der Waals surface area contributed by atoms with E-state index >= 15 is 0 Å². The van der Waals surface area contributed by atoms with Gasteiger partial charge in [0.15, 0.2) is 17.3 Å². The Hall–Kier alpha value is -3.69. The predicted octanol–water partition coefficient (Wildman–Crippen LogP) is 3.66. The second kappa shape index (κ2) is 8.33. The van der Waals surface area contributed by atoms with Crippen molar-refractivity contribution in [2.75, 3.05) is 32.0 Å². The Balaban J connectivity index is 1.85. The van der Waals surface area contributed by atoms with Crippen molar-refractivity contribution in [2.24, 2.45) is 0 Å². The third kappa shape index (κ3) is 4.17. The number of halogens is 2. The fourth-order valence-electron chi connectivity index (χ4n) is 2.43. The summed E-state index contributed by atoms with van der Waals surface area (Å²) in [6.45, 7) is 0. The normalized spacial score (nSPS) is 10.3. The maximum atomic E-state index is 13.8. The lowest BCUT2D eigenvalue weighted by atomic mass is 10.2. The van der Waals surface area contributed by atoms with E-state index in [2.05, 4.69) is 25.8 Å². The molecule has 3 aromatic rings. The SMILES string of the molecule is COc1cc(Nc2cnnc(Nc3ccc(F)cc3F)n2)cc(OC)c1OC. The molecule has 146 valence electrons. The van der Waals surface area contributed by atoms with Crippen molar-refractivity contribution in [2.45, 2.75) is 0 Å². The van der Waals surface area contributed by atoms with Gasteiger partial charge in [0.2, 0.25) is 11.7 Å². The monoisotopic (exact) mass is 389 g/mol. The van der Waals surface area contributed by atoms with Crippen molar-refractivity contribution in [3.05, 3.63) is 48.2 Å². The molecule has 0 saturated heterocycles. The molecule has 0 aliphatic rings. The van der Waals surface area contributed by atoms with E-state index < -0.39 is 11.6 Å². The summed E-state index contributed by atoms with van der Waals surface area (Å²) in [6, 6.07) is 6.50. The van der Waals surface area contributed by atoms with E-state index in [-0.39, 0.29) is 11.6 Å². The Morgan fingerprint density at radius 3 is 2.21 bits per heavy atom. The third-order valence-electron chi connectivity index (χ3n) is 3.67. The van der Waals surface area contributed by atoms with E-state index in [0.29, 0.717) is 28.8 Å². The average molecular weight is 389 g/mol. The maximum absolute atomic E-state index is 13.8. The van der Waals surface area contributed by atoms with Crippen molar-refractivity contribution < 1.29 is 23.0 Å². The quantitative estimate of drug-likeness (QED) is 0.633. The number of hydrogen-bond donors (Lipinski definition) is 2. The van der Waals surface area contributed by atoms with Gasteiger partial charge in [0, 0.05) is 23.9 Å². The minimum absolute atomic E-state index is 0.0214. The zero-order valence-corrected chi connectivity index (χ0v) is 15.3. The van der Waals surface area contributed by atoms with E-state index in [1.54, 1.807) is 12.1 Å². The number of nitrogens with one attached hydrogen (secondary N) is 2. The largest absolute Gasteiger partial charge is 0.493 e. The molecule has 0 aliphatic heterocycles. The summed E-state index contributed by atoms with van der Waals surface area (Å²) in [5, 5.41) is 13.3. The van der Waals surface area contributed by atoms with Crippen molar-refractivity contribution in [3.8, 4) is 17.2 Å². The smallest absolute Gasteiger partial charge is 0.249 e. The van der Waals surface area contributed by atoms with Crippen LogP contribution in [-0.2, 0) is 0 Å². The minimum Gasteiger partial charge on any atom is -0.493 e. The highest BCUT2D eigenvalue weighted by molar-refractivity contribution is 5.67. The van der Waals surface area contributed by atoms with Gasteiger partial charge in [-0.3, -0.25) is 0 Å². The number of aromatic nitrogens is 3. The number of anilines is 4. The lowest BCUT2D eigenvalue weighted by Crippen LogP contribution is -2.04. The first kappa shape index (κ1) is 19.1. The van der Waals surface area contributed by atoms with Gasteiger partial charge in [-0.05, 0) is 12.1 Å². The van der Waals surface area contributed by atoms with Crippen LogP contribution >= 0.6 is 0 Å². The van der Waals surface area contributed by atoms with Crippen LogP contribution < -0.4 is 24.8 Å². The zero-order valence-electron chi connectivity index (χ0n) is 15.3. The molecule has 3 rings (SSSR count). The van der Waals surface area contributed by atoms with Crippen molar-refractivity contribution >= 4 is 23.1 Å². The molecule has 0 spiro atoms. The molecule has 0 radical (unpaired) electrons. The van der Waals surface area contributed by atoms with Crippen LogP contribution in [0, 0.1) is 11.6 Å². The van der Waals surface area contributed by atoms with Crippen molar-refractivity contribution in [1.29, 1.82) is 0 Å². The van der Waals surface area contributed by atoms with Crippen LogP contribution in [0.25, 0.3) is 0 Å². The summed E-state index contributed by atoms with van der Waals surface area (Å²) in [4.78, 5) is 4.21. The molecule has 2 N–H and O–H groups in total. The molecule has 0 amide bonds. The molecule has 0 atom stereocenters. The molecule has 28 heavy (non-hydrogen) atoms. The average Bonchev–Trinajstić information content (AvgIpc) is 2.69. The zero-order chi connectivity index (χ0) is 20.1. The molecule has 0 bridgehead atoms. The highest BCUT2D eigenvalue weighted by atomic mass is 19.1. The van der Waals surface area contributed by atoms with Crippen LogP contribution in [0.3, 0.4) is 0 Å². The summed E-state index contributed by atoms with van der Waals surface area (Å²) in [5.74, 6) is 0.269. The van der Waals surface area contributed by atoms with Gasteiger partial charge in [-0.25, -0.2) is 8.78 Å². The maximum Gasteiger partial charge on any atom is 0.249 e. The molecule has 1 heterocycles. The first-order valence-electron chi connectivity index (χ1n) is 8.03. The number of nitrogens with zero attached hydrogens (tertiary/aromatic N) is 3. The van der Waals surface area contributed by atoms with E-state index in [9.17, 15) is 8.78 Å². The number of benzene rings is 2. The second-order valence-electron chi connectivity index (χ2n) is 5.45. The van der Waals surface area contributed by atoms with Gasteiger partial charge in [-0.1, -0.05) is 0 Å². The molecular weight excluding hydrogens is 372 g/mol. The molecule has 2 aromatic carbocycles. The minimum atomic E-state index is -0.772. The molecule has 0 fully saturated rings. The van der Waals surface area contributed by atoms with E-state index in [0.717, 1.165) is 12.1 Å². The van der Waals surface area contributed by atoms with Crippen LogP contribution in [0.15, 0.2) is 36.5 Å². The highest BCUT2D eigenvalue weighted by Crippen LogP contribution is 2.40. The fraction of sp³-hybridized carbons (Fsp3) is 0.167. The summed E-state index contributed by atoms with van der Waals surface area (Å²) in [7, 11) is 4.52. The highest BCUT2D eigenvalue weighted by Gasteiger charge is 2.14. The Kier molecular flexibility index (Phi) is 5.68. The van der Waals surface area contributed by atoms with Gasteiger partial charge in [0.1, 0.15) is 11.6 Å². The fourth-order valence-corrected chi connectivity index (χ4v) is 2.43. The molecule has 10 heteroatoms. The van der Waals surface area contributed by atoms with Crippen LogP contribution in [0.5, 0.6) is 17.2 Å². The van der Waals surface area contributed by atoms with Crippen LogP contribution in [-0.4, -0.2) is 36.5 Å². The number of hydrogen-bond acceptors (Lipinski definition) is 8. The van der Waals surface area contributed by atoms with Gasteiger partial charge in [-0.15, -0.1) is 5.10 Å². The van der Waals surface area contributed by atoms with E-state index in [1.807, 2.05) is 0 Å². The first-order chi connectivity index (χ1) is 13.5. The van der Waals surface area contributed by atoms with Gasteiger partial charge in [0.05, 0.1) is 33.2 Å². The summed E-state index contributed by atoms with van der Waals surface area (Å²) in [5.41, 5.74) is 0.613. The van der Waals surface area contributed by atoms with Crippen molar-refractivity contribution in [3.63, 3.8) is 0 Å². The Bertz CT molecular complexity index is 962. The third-order valence-corrected chi connectivity index (χ3v) is 3.67. The van der Waals surface area contributed by atoms with Gasteiger partial charge >= 0.3 is 0 Å². The summed E-state index contributed by atoms with van der Waals surface area (Å²) < 4.78 is 42.7. The van der Waals surface area contributed by atoms with Crippen LogP contribution in [0.4, 0.5) is 31.9 Å². The van der Waals surface area contributed by atoms with Crippen molar-refractivity contribution in [1.82, 2.24) is 15.2 Å². The molecule has 0 aliphatic carbocycles. The summed E-state index contributed by atoms with van der Waals surface area (Å²) in [6.07, 6.45) is 1.38. The second-order valence-corrected chi connectivity index (χ2v) is 5.45. The molecule has 1 aromatic heterocycles. The predicted molar refractivity (Wildman–Crippen MR) is 98.8 cm³/mol. The number of methoxy groups -OCH3 is 3. The molecule has 0 saturated carbocycles. The molecular formula is C18H17F2N5O3. The lowest BCUT2D eigenvalue weighted by Gasteiger charge is -2.15. The molecule has 8 nitrogen and oxygen atoms in total. The number of ether oxygens (including phenoxy) is 3. The van der Waals surface area contributed by atoms with Gasteiger partial charge < -0.3 is 24.8 Å². The molecule has 0 unspecified atom stereocenters. The number of rotatable bonds is 7. The lowest BCUT2D eigenvalue weighted by molar-refractivity contribution is 0.324.